The zero-order valence-corrected chi connectivity index (χ0v) is 17.6. The summed E-state index contributed by atoms with van der Waals surface area (Å²) in [5.74, 6) is -0.849. The minimum absolute atomic E-state index is 0.0956. The minimum Gasteiger partial charge on any atom is -0.351 e. The third-order valence-electron chi connectivity index (χ3n) is 5.89. The van der Waals surface area contributed by atoms with Crippen molar-refractivity contribution in [3.63, 3.8) is 0 Å². The largest absolute Gasteiger partial charge is 0.351 e. The molecular weight excluding hydrogens is 382 g/mol. The molecule has 1 aliphatic carbocycles. The zero-order chi connectivity index (χ0) is 20.5. The third kappa shape index (κ3) is 3.90. The molecule has 1 saturated carbocycles. The molecule has 0 radical (unpaired) electrons. The molecule has 1 saturated heterocycles. The molecule has 2 aromatic rings. The Bertz CT molecular complexity index is 1010. The van der Waals surface area contributed by atoms with Crippen molar-refractivity contribution in [1.29, 1.82) is 0 Å². The number of amides is 2. The maximum absolute atomic E-state index is 13.2. The average Bonchev–Trinajstić information content (AvgIpc) is 3.17. The Labute approximate surface area is 176 Å². The number of thiocarbonyl (C=S) groups is 1. The van der Waals surface area contributed by atoms with Gasteiger partial charge in [-0.2, -0.15) is 0 Å². The van der Waals surface area contributed by atoms with Gasteiger partial charge in [0.2, 0.25) is 0 Å². The van der Waals surface area contributed by atoms with Crippen LogP contribution in [0.5, 0.6) is 0 Å². The van der Waals surface area contributed by atoms with Crippen LogP contribution in [0.3, 0.4) is 0 Å². The number of aromatic nitrogens is 1. The molecule has 1 N–H and O–H groups in total. The molecule has 6 heteroatoms. The van der Waals surface area contributed by atoms with E-state index >= 15 is 0 Å². The summed E-state index contributed by atoms with van der Waals surface area (Å²) in [5, 5.41) is 2.77. The molecule has 29 heavy (non-hydrogen) atoms. The first-order valence-electron chi connectivity index (χ1n) is 10.1. The van der Waals surface area contributed by atoms with Gasteiger partial charge in [-0.15, -0.1) is 0 Å². The fourth-order valence-electron chi connectivity index (χ4n) is 4.05. The second-order valence-corrected chi connectivity index (χ2v) is 8.30. The molecule has 0 unspecified atom stereocenters. The molecule has 2 amide bonds. The van der Waals surface area contributed by atoms with Crippen molar-refractivity contribution in [1.82, 2.24) is 9.88 Å². The Kier molecular flexibility index (Phi) is 5.37. The van der Waals surface area contributed by atoms with Crippen LogP contribution < -0.4 is 10.2 Å². The predicted octanol–water partition coefficient (Wildman–Crippen LogP) is 4.44. The molecule has 2 aliphatic rings. The van der Waals surface area contributed by atoms with Crippen LogP contribution in [0.15, 0.2) is 42.2 Å². The van der Waals surface area contributed by atoms with Gasteiger partial charge in [-0.3, -0.25) is 19.8 Å². The molecule has 0 spiro atoms. The number of nitrogens with zero attached hydrogens (tertiary/aromatic N) is 2. The van der Waals surface area contributed by atoms with Gasteiger partial charge >= 0.3 is 0 Å². The van der Waals surface area contributed by atoms with E-state index in [2.05, 4.69) is 9.88 Å². The molecular formula is C23H25N3O2S. The lowest BCUT2D eigenvalue weighted by molar-refractivity contribution is -0.122. The molecule has 1 aliphatic heterocycles. The van der Waals surface area contributed by atoms with Crippen LogP contribution >= 0.6 is 12.2 Å². The standard InChI is InChI=1S/C23H25N3O2S/c1-15-8-9-19(12-16(15)2)26-22(28)20(21(27)24-23(26)29)13-17-10-11-25(14-17)18-6-4-3-5-7-18/h8-14,18H,3-7H2,1-2H3,(H,24,27,29)/b20-13-. The van der Waals surface area contributed by atoms with Crippen molar-refractivity contribution >= 4 is 40.9 Å². The van der Waals surface area contributed by atoms with E-state index in [4.69, 9.17) is 12.2 Å². The number of hydrogen-bond acceptors (Lipinski definition) is 3. The molecule has 5 nitrogen and oxygen atoms in total. The molecule has 0 atom stereocenters. The fraction of sp³-hybridized carbons (Fsp3) is 0.348. The summed E-state index contributed by atoms with van der Waals surface area (Å²) in [5.41, 5.74) is 3.80. The summed E-state index contributed by atoms with van der Waals surface area (Å²) in [6, 6.07) is 8.17. The molecule has 2 fully saturated rings. The number of carbonyl (C=O) groups is 2. The molecule has 1 aromatic heterocycles. The van der Waals surface area contributed by atoms with Crippen molar-refractivity contribution in [2.45, 2.75) is 52.0 Å². The second kappa shape index (κ2) is 7.95. The molecule has 1 aromatic carbocycles. The normalized spacial score (nSPS) is 19.7. The Hall–Kier alpha value is -2.73. The molecule has 0 bridgehead atoms. The number of anilines is 1. The highest BCUT2D eigenvalue weighted by molar-refractivity contribution is 7.80. The number of aryl methyl sites for hydroxylation is 2. The van der Waals surface area contributed by atoms with E-state index in [1.54, 1.807) is 6.08 Å². The summed E-state index contributed by atoms with van der Waals surface area (Å²) in [7, 11) is 0. The maximum atomic E-state index is 13.2. The fourth-order valence-corrected chi connectivity index (χ4v) is 4.33. The first kappa shape index (κ1) is 19.6. The lowest BCUT2D eigenvalue weighted by Crippen LogP contribution is -2.54. The van der Waals surface area contributed by atoms with Gasteiger partial charge in [-0.05, 0) is 79.9 Å². The van der Waals surface area contributed by atoms with E-state index < -0.39 is 11.8 Å². The van der Waals surface area contributed by atoms with Crippen molar-refractivity contribution in [3.05, 3.63) is 58.9 Å². The number of benzene rings is 1. The minimum atomic E-state index is -0.453. The number of nitrogens with one attached hydrogen (secondary N) is 1. The van der Waals surface area contributed by atoms with Gasteiger partial charge in [0.25, 0.3) is 11.8 Å². The van der Waals surface area contributed by atoms with Gasteiger partial charge in [0.15, 0.2) is 5.11 Å². The van der Waals surface area contributed by atoms with E-state index in [9.17, 15) is 9.59 Å². The zero-order valence-electron chi connectivity index (χ0n) is 16.8. The summed E-state index contributed by atoms with van der Waals surface area (Å²) < 4.78 is 2.21. The Balaban J connectivity index is 1.63. The molecule has 150 valence electrons. The van der Waals surface area contributed by atoms with Crippen LogP contribution in [0, 0.1) is 13.8 Å². The van der Waals surface area contributed by atoms with Gasteiger partial charge in [-0.25, -0.2) is 0 Å². The van der Waals surface area contributed by atoms with Gasteiger partial charge < -0.3 is 4.57 Å². The van der Waals surface area contributed by atoms with Gasteiger partial charge in [0.05, 0.1) is 5.69 Å². The van der Waals surface area contributed by atoms with Crippen LogP contribution in [0.25, 0.3) is 6.08 Å². The van der Waals surface area contributed by atoms with Crippen molar-refractivity contribution < 1.29 is 9.59 Å². The smallest absolute Gasteiger partial charge is 0.270 e. The summed E-state index contributed by atoms with van der Waals surface area (Å²) in [6.07, 6.45) is 11.9. The lowest BCUT2D eigenvalue weighted by atomic mass is 9.95. The number of carbonyl (C=O) groups excluding carboxylic acids is 2. The van der Waals surface area contributed by atoms with E-state index in [0.29, 0.717) is 11.7 Å². The van der Waals surface area contributed by atoms with Crippen molar-refractivity contribution in [3.8, 4) is 0 Å². The summed E-state index contributed by atoms with van der Waals surface area (Å²) in [4.78, 5) is 27.1. The van der Waals surface area contributed by atoms with Gasteiger partial charge in [-0.1, -0.05) is 25.3 Å². The third-order valence-corrected chi connectivity index (χ3v) is 6.18. The SMILES string of the molecule is Cc1ccc(N2C(=O)/C(=C\c3ccn(C4CCCCC4)c3)C(=O)NC2=S)cc1C. The van der Waals surface area contributed by atoms with Crippen LogP contribution in [-0.4, -0.2) is 21.5 Å². The topological polar surface area (TPSA) is 54.3 Å². The predicted molar refractivity (Wildman–Crippen MR) is 119 cm³/mol. The number of rotatable bonds is 3. The Morgan fingerprint density at radius 2 is 1.83 bits per heavy atom. The van der Waals surface area contributed by atoms with E-state index in [0.717, 1.165) is 16.7 Å². The summed E-state index contributed by atoms with van der Waals surface area (Å²) in [6.45, 7) is 4.00. The highest BCUT2D eigenvalue weighted by Crippen LogP contribution is 2.29. The maximum Gasteiger partial charge on any atom is 0.270 e. The quantitative estimate of drug-likeness (QED) is 0.465. The van der Waals surface area contributed by atoms with Crippen LogP contribution in [-0.2, 0) is 9.59 Å². The summed E-state index contributed by atoms with van der Waals surface area (Å²) >= 11 is 5.29. The van der Waals surface area contributed by atoms with Gasteiger partial charge in [0, 0.05) is 18.4 Å². The van der Waals surface area contributed by atoms with Gasteiger partial charge in [0.1, 0.15) is 5.57 Å². The number of hydrogen-bond donors (Lipinski definition) is 1. The Morgan fingerprint density at radius 3 is 2.55 bits per heavy atom. The van der Waals surface area contributed by atoms with E-state index in [-0.39, 0.29) is 10.7 Å². The van der Waals surface area contributed by atoms with E-state index in [1.165, 1.54) is 37.0 Å². The lowest BCUT2D eigenvalue weighted by Gasteiger charge is -2.29. The van der Waals surface area contributed by atoms with Crippen LogP contribution in [0.4, 0.5) is 5.69 Å². The van der Waals surface area contributed by atoms with Crippen LogP contribution in [0.1, 0.15) is 54.8 Å². The highest BCUT2D eigenvalue weighted by atomic mass is 32.1. The van der Waals surface area contributed by atoms with E-state index in [1.807, 2.05) is 50.5 Å². The van der Waals surface area contributed by atoms with Crippen molar-refractivity contribution in [2.24, 2.45) is 0 Å². The second-order valence-electron chi connectivity index (χ2n) is 7.91. The first-order chi connectivity index (χ1) is 13.9. The van der Waals surface area contributed by atoms with Crippen molar-refractivity contribution in [2.75, 3.05) is 4.90 Å². The molecule has 2 heterocycles. The molecule has 4 rings (SSSR count). The first-order valence-corrected chi connectivity index (χ1v) is 10.5. The van der Waals surface area contributed by atoms with Crippen LogP contribution in [0.2, 0.25) is 0 Å². The monoisotopic (exact) mass is 407 g/mol. The highest BCUT2D eigenvalue weighted by Gasteiger charge is 2.34. The average molecular weight is 408 g/mol. The Morgan fingerprint density at radius 1 is 1.07 bits per heavy atom.